The molecule has 1 aliphatic carbocycles. The number of nitrogens with one attached hydrogen (secondary N) is 1. The number of nitrogens with zero attached hydrogens (tertiary/aromatic N) is 3. The molecule has 0 bridgehead atoms. The van der Waals surface area contributed by atoms with E-state index in [0.717, 1.165) is 31.2 Å². The maximum Gasteiger partial charge on any atom is 0.277 e. The molecule has 1 N–H and O–H groups in total. The smallest absolute Gasteiger partial charge is 0.277 e. The van der Waals surface area contributed by atoms with E-state index in [2.05, 4.69) is 10.4 Å². The van der Waals surface area contributed by atoms with Gasteiger partial charge in [0, 0.05) is 22.8 Å². The fourth-order valence-corrected chi connectivity index (χ4v) is 5.45. The van der Waals surface area contributed by atoms with Gasteiger partial charge in [-0.2, -0.15) is 5.10 Å². The second kappa shape index (κ2) is 9.53. The van der Waals surface area contributed by atoms with Crippen molar-refractivity contribution in [1.82, 2.24) is 15.1 Å². The third-order valence-corrected chi connectivity index (χ3v) is 7.75. The molecule has 3 aromatic rings. The number of rotatable bonds is 4. The summed E-state index contributed by atoms with van der Waals surface area (Å²) >= 11 is 6.45. The van der Waals surface area contributed by atoms with Gasteiger partial charge in [-0.3, -0.25) is 19.2 Å². The standard InChI is InChI=1S/C27H31ClN4O3/c1-18-20(28)12-8-13-22(18)32-25(33)23-16-21(24-14-9-15-35-24)30-31(23)17-27(32,2)26(34)29-19-10-6-4-3-5-7-11-19/h8-9,12-16,19H,3-7,10-11,17H2,1-2H3,(H,29,34)/t27-/m1/s1. The Hall–Kier alpha value is -3.06. The molecule has 1 atom stereocenters. The number of anilines is 1. The highest BCUT2D eigenvalue weighted by molar-refractivity contribution is 6.32. The zero-order valence-corrected chi connectivity index (χ0v) is 21.0. The van der Waals surface area contributed by atoms with Gasteiger partial charge in [0.15, 0.2) is 5.76 Å². The summed E-state index contributed by atoms with van der Waals surface area (Å²) in [5, 5.41) is 8.47. The van der Waals surface area contributed by atoms with Crippen molar-refractivity contribution >= 4 is 29.1 Å². The average Bonchev–Trinajstić information content (AvgIpc) is 3.48. The lowest BCUT2D eigenvalue weighted by Crippen LogP contribution is -2.65. The van der Waals surface area contributed by atoms with Crippen LogP contribution in [-0.2, 0) is 11.3 Å². The molecule has 35 heavy (non-hydrogen) atoms. The number of halogens is 1. The Morgan fingerprint density at radius 1 is 1.14 bits per heavy atom. The van der Waals surface area contributed by atoms with Crippen LogP contribution in [0.2, 0.25) is 5.02 Å². The van der Waals surface area contributed by atoms with Crippen molar-refractivity contribution in [3.63, 3.8) is 0 Å². The quantitative estimate of drug-likeness (QED) is 0.500. The first-order valence-corrected chi connectivity index (χ1v) is 12.8. The first-order valence-electron chi connectivity index (χ1n) is 12.4. The summed E-state index contributed by atoms with van der Waals surface area (Å²) in [5.41, 5.74) is 1.17. The van der Waals surface area contributed by atoms with Gasteiger partial charge in [-0.1, -0.05) is 49.8 Å². The molecule has 1 fully saturated rings. The fraction of sp³-hybridized carbons (Fsp3) is 0.444. The highest BCUT2D eigenvalue weighted by Crippen LogP contribution is 2.37. The lowest BCUT2D eigenvalue weighted by atomic mass is 9.91. The molecular weight excluding hydrogens is 464 g/mol. The Bertz CT molecular complexity index is 1230. The summed E-state index contributed by atoms with van der Waals surface area (Å²) in [7, 11) is 0. The maximum atomic E-state index is 14.0. The predicted octanol–water partition coefficient (Wildman–Crippen LogP) is 5.75. The number of benzene rings is 1. The summed E-state index contributed by atoms with van der Waals surface area (Å²) in [4.78, 5) is 29.6. The van der Waals surface area contributed by atoms with E-state index in [1.807, 2.05) is 26.0 Å². The van der Waals surface area contributed by atoms with Crippen LogP contribution in [0.15, 0.2) is 47.1 Å². The number of carbonyl (C=O) groups is 2. The molecule has 0 spiro atoms. The van der Waals surface area contributed by atoms with Crippen molar-refractivity contribution in [2.75, 3.05) is 4.90 Å². The largest absolute Gasteiger partial charge is 0.463 e. The van der Waals surface area contributed by atoms with E-state index >= 15 is 0 Å². The maximum absolute atomic E-state index is 14.0. The van der Waals surface area contributed by atoms with E-state index in [-0.39, 0.29) is 24.4 Å². The zero-order chi connectivity index (χ0) is 24.6. The van der Waals surface area contributed by atoms with E-state index in [1.54, 1.807) is 40.1 Å². The minimum atomic E-state index is -1.19. The van der Waals surface area contributed by atoms with Crippen LogP contribution in [-0.4, -0.2) is 33.2 Å². The molecule has 1 saturated carbocycles. The normalized spacial score (nSPS) is 21.3. The van der Waals surface area contributed by atoms with Gasteiger partial charge in [0.05, 0.1) is 12.8 Å². The first-order chi connectivity index (χ1) is 16.9. The van der Waals surface area contributed by atoms with Crippen molar-refractivity contribution in [1.29, 1.82) is 0 Å². The number of hydrogen-bond donors (Lipinski definition) is 1. The minimum Gasteiger partial charge on any atom is -0.463 e. The number of carbonyl (C=O) groups excluding carboxylic acids is 2. The second-order valence-corrected chi connectivity index (χ2v) is 10.3. The molecule has 2 aliphatic rings. The monoisotopic (exact) mass is 494 g/mol. The lowest BCUT2D eigenvalue weighted by Gasteiger charge is -2.44. The van der Waals surface area contributed by atoms with Crippen molar-refractivity contribution in [2.24, 2.45) is 0 Å². The van der Waals surface area contributed by atoms with Crippen LogP contribution in [0.25, 0.3) is 11.5 Å². The van der Waals surface area contributed by atoms with E-state index < -0.39 is 5.54 Å². The van der Waals surface area contributed by atoms with Crippen LogP contribution >= 0.6 is 11.6 Å². The third-order valence-electron chi connectivity index (χ3n) is 7.34. The molecule has 184 valence electrons. The Kier molecular flexibility index (Phi) is 6.45. The van der Waals surface area contributed by atoms with Crippen LogP contribution in [0, 0.1) is 6.92 Å². The van der Waals surface area contributed by atoms with E-state index in [4.69, 9.17) is 16.0 Å². The summed E-state index contributed by atoms with van der Waals surface area (Å²) in [6, 6.07) is 10.9. The molecule has 2 aromatic heterocycles. The second-order valence-electron chi connectivity index (χ2n) is 9.86. The molecule has 7 nitrogen and oxygen atoms in total. The minimum absolute atomic E-state index is 0.106. The number of fused-ring (bicyclic) bond motifs is 1. The van der Waals surface area contributed by atoms with E-state index in [1.165, 1.54) is 19.3 Å². The summed E-state index contributed by atoms with van der Waals surface area (Å²) in [6.45, 7) is 3.91. The van der Waals surface area contributed by atoms with Crippen molar-refractivity contribution in [3.05, 3.63) is 58.9 Å². The number of hydrogen-bond acceptors (Lipinski definition) is 4. The van der Waals surface area contributed by atoms with Gasteiger partial charge in [-0.05, 0) is 56.5 Å². The Labute approximate surface area is 210 Å². The number of aromatic nitrogens is 2. The van der Waals surface area contributed by atoms with Crippen molar-refractivity contribution in [2.45, 2.75) is 76.9 Å². The highest BCUT2D eigenvalue weighted by atomic mass is 35.5. The SMILES string of the molecule is Cc1c(Cl)cccc1N1C(=O)c2cc(-c3ccco3)nn2C[C@]1(C)C(=O)NC1CCCCCCC1. The van der Waals surface area contributed by atoms with Gasteiger partial charge >= 0.3 is 0 Å². The summed E-state index contributed by atoms with van der Waals surface area (Å²) in [5.74, 6) is 0.115. The molecule has 1 aromatic carbocycles. The fourth-order valence-electron chi connectivity index (χ4n) is 5.28. The van der Waals surface area contributed by atoms with Crippen LogP contribution < -0.4 is 10.2 Å². The molecule has 0 saturated heterocycles. The lowest BCUT2D eigenvalue weighted by molar-refractivity contribution is -0.127. The molecule has 1 aliphatic heterocycles. The van der Waals surface area contributed by atoms with E-state index in [9.17, 15) is 9.59 Å². The van der Waals surface area contributed by atoms with Crippen molar-refractivity contribution < 1.29 is 14.0 Å². The molecule has 0 unspecified atom stereocenters. The third kappa shape index (κ3) is 4.38. The van der Waals surface area contributed by atoms with Crippen LogP contribution in [0.1, 0.15) is 67.9 Å². The van der Waals surface area contributed by atoms with Gasteiger partial charge in [0.25, 0.3) is 5.91 Å². The Morgan fingerprint density at radius 3 is 2.60 bits per heavy atom. The molecular formula is C27H31ClN4O3. The van der Waals surface area contributed by atoms with Gasteiger partial charge in [0.2, 0.25) is 5.91 Å². The van der Waals surface area contributed by atoms with Gasteiger partial charge < -0.3 is 9.73 Å². The topological polar surface area (TPSA) is 80.4 Å². The highest BCUT2D eigenvalue weighted by Gasteiger charge is 2.49. The number of furan rings is 1. The van der Waals surface area contributed by atoms with Gasteiger partial charge in [0.1, 0.15) is 16.9 Å². The van der Waals surface area contributed by atoms with Gasteiger partial charge in [-0.25, -0.2) is 0 Å². The van der Waals surface area contributed by atoms with Crippen LogP contribution in [0.4, 0.5) is 5.69 Å². The summed E-state index contributed by atoms with van der Waals surface area (Å²) in [6.07, 6.45) is 9.35. The Balaban J connectivity index is 1.55. The van der Waals surface area contributed by atoms with Crippen LogP contribution in [0.3, 0.4) is 0 Å². The molecule has 8 heteroatoms. The molecule has 3 heterocycles. The van der Waals surface area contributed by atoms with Crippen molar-refractivity contribution in [3.8, 4) is 11.5 Å². The first kappa shape index (κ1) is 23.7. The molecule has 2 amide bonds. The Morgan fingerprint density at radius 2 is 1.89 bits per heavy atom. The van der Waals surface area contributed by atoms with Crippen LogP contribution in [0.5, 0.6) is 0 Å². The predicted molar refractivity (Wildman–Crippen MR) is 136 cm³/mol. The number of amides is 2. The zero-order valence-electron chi connectivity index (χ0n) is 20.2. The molecule has 0 radical (unpaired) electrons. The van der Waals surface area contributed by atoms with E-state index in [0.29, 0.717) is 27.9 Å². The molecule has 5 rings (SSSR count). The average molecular weight is 495 g/mol. The van der Waals surface area contributed by atoms with Gasteiger partial charge in [-0.15, -0.1) is 0 Å². The summed E-state index contributed by atoms with van der Waals surface area (Å²) < 4.78 is 7.14.